The number of ether oxygens (including phenoxy) is 4. The monoisotopic (exact) mass is 996 g/mol. The number of aliphatic hydroxyl groups is 3. The molecule has 1 amide bonds. The predicted octanol–water partition coefficient (Wildman–Crippen LogP) is 11.6. The van der Waals surface area contributed by atoms with Crippen LogP contribution in [-0.4, -0.2) is 94.8 Å². The maximum atomic E-state index is 15.1. The molecule has 0 unspecified atom stereocenters. The number of nitro groups is 1. The number of aryl methyl sites for hydroxylation is 2. The Morgan fingerprint density at radius 3 is 2.24 bits per heavy atom. The summed E-state index contributed by atoms with van der Waals surface area (Å²) in [7, 11) is 0. The number of fused-ring (bicyclic) bond motifs is 2. The van der Waals surface area contributed by atoms with Gasteiger partial charge in [0.2, 0.25) is 11.7 Å². The molecule has 6 rings (SSSR count). The van der Waals surface area contributed by atoms with Gasteiger partial charge in [0.1, 0.15) is 29.9 Å². The Hall–Kier alpha value is -5.12. The third kappa shape index (κ3) is 14.8. The lowest BCUT2D eigenvalue weighted by molar-refractivity contribution is -0.384. The number of unbranched alkanes of at least 4 members (excludes halogenated alkanes) is 10. The Labute approximate surface area is 427 Å². The number of non-ortho nitro benzene ring substituents is 1. The van der Waals surface area contributed by atoms with Crippen LogP contribution in [0.25, 0.3) is 0 Å². The van der Waals surface area contributed by atoms with Gasteiger partial charge in [0.15, 0.2) is 0 Å². The van der Waals surface area contributed by atoms with Crippen LogP contribution in [0.1, 0.15) is 144 Å². The molecule has 0 bridgehead atoms. The molecule has 0 saturated heterocycles. The summed E-state index contributed by atoms with van der Waals surface area (Å²) in [6.07, 6.45) is 19.0. The maximum Gasteiger partial charge on any atom is 0.269 e. The van der Waals surface area contributed by atoms with Crippen molar-refractivity contribution in [1.82, 2.24) is 4.90 Å². The lowest BCUT2D eigenvalue weighted by Crippen LogP contribution is -2.70. The summed E-state index contributed by atoms with van der Waals surface area (Å²) in [6, 6.07) is 17.5. The molecule has 1 fully saturated rings. The third-order valence-electron chi connectivity index (χ3n) is 14.8. The zero-order valence-electron chi connectivity index (χ0n) is 43.1. The minimum absolute atomic E-state index is 0.00950. The van der Waals surface area contributed by atoms with Crippen molar-refractivity contribution in [3.05, 3.63) is 117 Å². The molecule has 394 valence electrons. The molecule has 6 atom stereocenters. The Morgan fingerprint density at radius 1 is 0.861 bits per heavy atom. The van der Waals surface area contributed by atoms with E-state index in [0.717, 1.165) is 68.1 Å². The Bertz CT molecular complexity index is 2250. The predicted molar refractivity (Wildman–Crippen MR) is 280 cm³/mol. The molecule has 1 heterocycles. The van der Waals surface area contributed by atoms with Crippen molar-refractivity contribution in [2.45, 2.75) is 154 Å². The van der Waals surface area contributed by atoms with Crippen LogP contribution in [0.5, 0.6) is 17.2 Å². The molecule has 0 radical (unpaired) electrons. The number of hydrogen-bond acceptors (Lipinski definition) is 12. The fraction of sp³-hybridized carbons (Fsp3) is 0.586. The van der Waals surface area contributed by atoms with Crippen LogP contribution in [0.2, 0.25) is 0 Å². The number of allylic oxidation sites excluding steroid dienone is 1. The van der Waals surface area contributed by atoms with Gasteiger partial charge in [0.25, 0.3) is 5.69 Å². The molecule has 3 N–H and O–H groups in total. The fourth-order valence-electron chi connectivity index (χ4n) is 11.0. The number of aliphatic hydroxyl groups excluding tert-OH is 3. The first-order valence-corrected chi connectivity index (χ1v) is 26.8. The van der Waals surface area contributed by atoms with Gasteiger partial charge < -0.3 is 44.0 Å². The number of carbonyl (C=O) groups is 1. The highest BCUT2D eigenvalue weighted by molar-refractivity contribution is 6.03. The van der Waals surface area contributed by atoms with Crippen molar-refractivity contribution >= 4 is 17.3 Å². The Balaban J connectivity index is 1.50. The molecule has 14 heteroatoms. The van der Waals surface area contributed by atoms with Crippen molar-refractivity contribution in [1.29, 1.82) is 0 Å². The van der Waals surface area contributed by atoms with Crippen LogP contribution < -0.4 is 9.47 Å². The summed E-state index contributed by atoms with van der Waals surface area (Å²) < 4.78 is 27.2. The van der Waals surface area contributed by atoms with Gasteiger partial charge in [0, 0.05) is 56.2 Å². The molecule has 72 heavy (non-hydrogen) atoms. The highest BCUT2D eigenvalue weighted by Crippen LogP contribution is 2.62. The van der Waals surface area contributed by atoms with Crippen molar-refractivity contribution in [3.63, 3.8) is 0 Å². The van der Waals surface area contributed by atoms with Crippen LogP contribution in [0.15, 0.2) is 90.1 Å². The van der Waals surface area contributed by atoms with Crippen molar-refractivity contribution in [3.8, 4) is 17.2 Å². The maximum absolute atomic E-state index is 15.1. The molecule has 3 aliphatic rings. The van der Waals surface area contributed by atoms with Gasteiger partial charge in [-0.1, -0.05) is 94.5 Å². The summed E-state index contributed by atoms with van der Waals surface area (Å²) in [5.74, 6) is -0.295. The minimum Gasteiger partial charge on any atom is -0.459 e. The molecule has 2 aliphatic carbocycles. The Morgan fingerprint density at radius 2 is 1.56 bits per heavy atom. The van der Waals surface area contributed by atoms with E-state index in [0.29, 0.717) is 47.8 Å². The topological polar surface area (TPSA) is 183 Å². The normalized spacial score (nSPS) is 21.6. The number of benzene rings is 3. The van der Waals surface area contributed by atoms with E-state index in [1.54, 1.807) is 18.2 Å². The van der Waals surface area contributed by atoms with Gasteiger partial charge >= 0.3 is 0 Å². The largest absolute Gasteiger partial charge is 0.459 e. The molecule has 0 spiro atoms. The van der Waals surface area contributed by atoms with E-state index in [1.807, 2.05) is 35.2 Å². The number of amides is 1. The summed E-state index contributed by atoms with van der Waals surface area (Å²) in [4.78, 5) is 34.2. The van der Waals surface area contributed by atoms with E-state index in [-0.39, 0.29) is 88.6 Å². The molecular weight excluding hydrogens is 915 g/mol. The van der Waals surface area contributed by atoms with Crippen LogP contribution in [0.4, 0.5) is 5.69 Å². The van der Waals surface area contributed by atoms with Gasteiger partial charge in [0.05, 0.1) is 43.0 Å². The molecule has 1 aliphatic heterocycles. The van der Waals surface area contributed by atoms with Gasteiger partial charge in [-0.3, -0.25) is 14.9 Å². The van der Waals surface area contributed by atoms with Crippen molar-refractivity contribution in [2.24, 2.45) is 22.9 Å². The zero-order chi connectivity index (χ0) is 51.3. The average molecular weight is 996 g/mol. The van der Waals surface area contributed by atoms with Crippen LogP contribution in [0.3, 0.4) is 0 Å². The van der Waals surface area contributed by atoms with Crippen LogP contribution >= 0.6 is 0 Å². The van der Waals surface area contributed by atoms with E-state index < -0.39 is 22.7 Å². The molecule has 3 aromatic rings. The first kappa shape index (κ1) is 56.2. The SMILES string of the molecule is C=CCO[C@@]12Oc3ccc(Oc4ccc(C)c(C)c4)cc3[C@H]3[C@H](CCCCO)[C@@H](CCCCO)C=C(C(=NOCc4ccc([N+](=O)[O-])cc4)C[C@@H]1N(CCOCCO)C(=O)CCCCCCCCCCC)[C@H]32. The molecule has 0 aromatic heterocycles. The van der Waals surface area contributed by atoms with Gasteiger partial charge in [-0.25, -0.2) is 0 Å². The smallest absolute Gasteiger partial charge is 0.269 e. The van der Waals surface area contributed by atoms with Crippen LogP contribution in [-0.2, 0) is 25.7 Å². The van der Waals surface area contributed by atoms with Gasteiger partial charge in [-0.15, -0.1) is 6.58 Å². The van der Waals surface area contributed by atoms with E-state index in [2.05, 4.69) is 39.5 Å². The second-order valence-electron chi connectivity index (χ2n) is 19.8. The summed E-state index contributed by atoms with van der Waals surface area (Å²) in [6.45, 7) is 11.1. The third-order valence-corrected chi connectivity index (χ3v) is 14.8. The van der Waals surface area contributed by atoms with E-state index >= 15 is 4.79 Å². The van der Waals surface area contributed by atoms with Crippen LogP contribution in [0, 0.1) is 41.7 Å². The molecule has 14 nitrogen and oxygen atoms in total. The minimum atomic E-state index is -1.46. The molecule has 1 saturated carbocycles. The number of carbonyl (C=O) groups excluding carboxylic acids is 1. The Kier molecular flexibility index (Phi) is 22.6. The van der Waals surface area contributed by atoms with Crippen molar-refractivity contribution < 1.29 is 48.8 Å². The zero-order valence-corrected chi connectivity index (χ0v) is 43.1. The first-order chi connectivity index (χ1) is 35.1. The molecule has 3 aromatic carbocycles. The molecular formula is C58H81N3O11. The van der Waals surface area contributed by atoms with E-state index in [1.165, 1.54) is 49.8 Å². The quantitative estimate of drug-likeness (QED) is 0.0228. The summed E-state index contributed by atoms with van der Waals surface area (Å²) in [5, 5.41) is 46.2. The standard InChI is InChI=1S/C58H81N3O11/c1-5-7-8-9-10-11-12-13-14-21-55(65)60(30-35-68-36-33-64)54-40-52(59-70-41-44-23-25-46(26-24-44)61(66)67)50-38-45(19-15-17-31-62)49(20-16-18-32-63)56-51-39-48(71-47-27-22-42(3)43(4)37-47)28-29-53(51)72-58(54,57(50)56)69-34-6-2/h6,22-29,37-39,45,49,54,56-57,62-64H,2,5,7-21,30-36,40-41H2,1,3-4H3/t45-,49+,54-,56+,57+,58+/m0/s1. The number of hydrogen-bond donors (Lipinski definition) is 3. The van der Waals surface area contributed by atoms with Crippen molar-refractivity contribution in [2.75, 3.05) is 46.2 Å². The highest BCUT2D eigenvalue weighted by atomic mass is 16.7. The first-order valence-electron chi connectivity index (χ1n) is 26.8. The number of rotatable bonds is 33. The summed E-state index contributed by atoms with van der Waals surface area (Å²) >= 11 is 0. The lowest BCUT2D eigenvalue weighted by atomic mass is 9.55. The van der Waals surface area contributed by atoms with E-state index in [9.17, 15) is 25.4 Å². The summed E-state index contributed by atoms with van der Waals surface area (Å²) in [5.41, 5.74) is 5.43. The fourth-order valence-corrected chi connectivity index (χ4v) is 11.0. The second kappa shape index (κ2) is 28.9. The highest BCUT2D eigenvalue weighted by Gasteiger charge is 2.65. The second-order valence-corrected chi connectivity index (χ2v) is 19.8. The average Bonchev–Trinajstić information content (AvgIpc) is 3.38. The number of nitrogens with zero attached hydrogens (tertiary/aromatic N) is 3. The number of oxime groups is 1. The van der Waals surface area contributed by atoms with Gasteiger partial charge in [-0.2, -0.15) is 0 Å². The number of nitro benzene ring substituents is 1. The lowest BCUT2D eigenvalue weighted by Gasteiger charge is -2.60. The van der Waals surface area contributed by atoms with E-state index in [4.69, 9.17) is 28.9 Å². The van der Waals surface area contributed by atoms with Gasteiger partial charge in [-0.05, 0) is 123 Å².